The van der Waals surface area contributed by atoms with Gasteiger partial charge >= 0.3 is 0 Å². The van der Waals surface area contributed by atoms with Crippen LogP contribution in [0.1, 0.15) is 15.9 Å². The Kier molecular flexibility index (Phi) is 3.47. The van der Waals surface area contributed by atoms with Crippen LogP contribution in [0.2, 0.25) is 5.02 Å². The second-order valence-electron chi connectivity index (χ2n) is 4.32. The Hall–Kier alpha value is -1.84. The lowest BCUT2D eigenvalue weighted by Gasteiger charge is -2.05. The first-order valence-corrected chi connectivity index (χ1v) is 7.31. The van der Waals surface area contributed by atoms with E-state index in [9.17, 15) is 4.79 Å². The lowest BCUT2D eigenvalue weighted by molar-refractivity contribution is 0.104. The molecule has 0 fully saturated rings. The Morgan fingerprint density at radius 2 is 2.00 bits per heavy atom. The van der Waals surface area contributed by atoms with E-state index in [4.69, 9.17) is 16.3 Å². The van der Waals surface area contributed by atoms with Gasteiger partial charge < -0.3 is 4.74 Å². The number of ketones is 1. The number of halogens is 1. The molecule has 0 radical (unpaired) electrons. The van der Waals surface area contributed by atoms with Crippen molar-refractivity contribution < 1.29 is 9.53 Å². The number of rotatable bonds is 3. The van der Waals surface area contributed by atoms with Gasteiger partial charge in [-0.05, 0) is 24.3 Å². The molecule has 0 aliphatic carbocycles. The molecule has 0 bridgehead atoms. The van der Waals surface area contributed by atoms with Gasteiger partial charge in [0.15, 0.2) is 5.78 Å². The SMILES string of the molecule is COc1ccc(C(=O)c2csc3ccccc23)cc1Cl. The van der Waals surface area contributed by atoms with Gasteiger partial charge in [-0.1, -0.05) is 29.8 Å². The first-order valence-electron chi connectivity index (χ1n) is 6.05. The average molecular weight is 303 g/mol. The summed E-state index contributed by atoms with van der Waals surface area (Å²) >= 11 is 7.65. The van der Waals surface area contributed by atoms with Crippen molar-refractivity contribution in [1.82, 2.24) is 0 Å². The number of carbonyl (C=O) groups excluding carboxylic acids is 1. The van der Waals surface area contributed by atoms with E-state index in [1.165, 1.54) is 0 Å². The van der Waals surface area contributed by atoms with Crippen molar-refractivity contribution in [3.63, 3.8) is 0 Å². The predicted octanol–water partition coefficient (Wildman–Crippen LogP) is 4.79. The van der Waals surface area contributed by atoms with Crippen LogP contribution in [-0.2, 0) is 0 Å². The van der Waals surface area contributed by atoms with Crippen molar-refractivity contribution in [1.29, 1.82) is 0 Å². The minimum absolute atomic E-state index is 0.0213. The van der Waals surface area contributed by atoms with E-state index < -0.39 is 0 Å². The molecule has 0 unspecified atom stereocenters. The molecule has 1 aromatic heterocycles. The maximum absolute atomic E-state index is 12.6. The second-order valence-corrected chi connectivity index (χ2v) is 5.64. The number of hydrogen-bond acceptors (Lipinski definition) is 3. The average Bonchev–Trinajstić information content (AvgIpc) is 2.90. The molecule has 0 spiro atoms. The number of fused-ring (bicyclic) bond motifs is 1. The zero-order valence-corrected chi connectivity index (χ0v) is 12.3. The van der Waals surface area contributed by atoms with E-state index >= 15 is 0 Å². The molecule has 3 rings (SSSR count). The summed E-state index contributed by atoms with van der Waals surface area (Å²) in [5, 5.41) is 3.32. The van der Waals surface area contributed by atoms with E-state index in [-0.39, 0.29) is 5.78 Å². The van der Waals surface area contributed by atoms with Crippen molar-refractivity contribution in [2.45, 2.75) is 0 Å². The molecule has 0 aliphatic rings. The second kappa shape index (κ2) is 5.27. The fraction of sp³-hybridized carbons (Fsp3) is 0.0625. The fourth-order valence-electron chi connectivity index (χ4n) is 2.12. The van der Waals surface area contributed by atoms with Crippen molar-refractivity contribution in [2.24, 2.45) is 0 Å². The van der Waals surface area contributed by atoms with Gasteiger partial charge in [0.05, 0.1) is 12.1 Å². The summed E-state index contributed by atoms with van der Waals surface area (Å²) in [6.45, 7) is 0. The topological polar surface area (TPSA) is 26.3 Å². The zero-order chi connectivity index (χ0) is 14.1. The molecular weight excluding hydrogens is 292 g/mol. The standard InChI is InChI=1S/C16H11ClO2S/c1-19-14-7-6-10(8-13(14)17)16(18)12-9-20-15-5-3-2-4-11(12)15/h2-9H,1H3. The lowest BCUT2D eigenvalue weighted by Crippen LogP contribution is -2.00. The summed E-state index contributed by atoms with van der Waals surface area (Å²) in [5.41, 5.74) is 1.28. The lowest BCUT2D eigenvalue weighted by atomic mass is 10.0. The molecule has 1 heterocycles. The van der Waals surface area contributed by atoms with Crippen LogP contribution in [0, 0.1) is 0 Å². The minimum Gasteiger partial charge on any atom is -0.495 e. The van der Waals surface area contributed by atoms with Crippen LogP contribution in [0.5, 0.6) is 5.75 Å². The van der Waals surface area contributed by atoms with Crippen LogP contribution < -0.4 is 4.74 Å². The highest BCUT2D eigenvalue weighted by atomic mass is 35.5. The quantitative estimate of drug-likeness (QED) is 0.650. The van der Waals surface area contributed by atoms with Gasteiger partial charge in [-0.2, -0.15) is 0 Å². The van der Waals surface area contributed by atoms with Gasteiger partial charge in [0.2, 0.25) is 0 Å². The summed E-state index contributed by atoms with van der Waals surface area (Å²) < 4.78 is 6.21. The van der Waals surface area contributed by atoms with Crippen molar-refractivity contribution in [2.75, 3.05) is 7.11 Å². The van der Waals surface area contributed by atoms with Crippen LogP contribution in [-0.4, -0.2) is 12.9 Å². The number of carbonyl (C=O) groups is 1. The van der Waals surface area contributed by atoms with Crippen LogP contribution in [0.3, 0.4) is 0 Å². The molecule has 0 N–H and O–H groups in total. The Morgan fingerprint density at radius 1 is 1.20 bits per heavy atom. The first-order chi connectivity index (χ1) is 9.70. The maximum atomic E-state index is 12.6. The molecule has 2 nitrogen and oxygen atoms in total. The molecule has 0 aliphatic heterocycles. The molecule has 0 atom stereocenters. The summed E-state index contributed by atoms with van der Waals surface area (Å²) in [6.07, 6.45) is 0. The zero-order valence-electron chi connectivity index (χ0n) is 10.7. The Bertz CT molecular complexity index is 792. The third kappa shape index (κ3) is 2.19. The third-order valence-corrected chi connectivity index (χ3v) is 4.40. The van der Waals surface area contributed by atoms with E-state index in [1.54, 1.807) is 36.6 Å². The molecule has 100 valence electrons. The van der Waals surface area contributed by atoms with E-state index in [1.807, 2.05) is 29.6 Å². The molecule has 4 heteroatoms. The van der Waals surface area contributed by atoms with Gasteiger partial charge in [-0.3, -0.25) is 4.79 Å². The minimum atomic E-state index is -0.0213. The van der Waals surface area contributed by atoms with E-state index in [2.05, 4.69) is 0 Å². The highest BCUT2D eigenvalue weighted by Crippen LogP contribution is 2.30. The van der Waals surface area contributed by atoms with E-state index in [0.29, 0.717) is 21.9 Å². The number of hydrogen-bond donors (Lipinski definition) is 0. The van der Waals surface area contributed by atoms with Crippen molar-refractivity contribution in [3.8, 4) is 5.75 Å². The van der Waals surface area contributed by atoms with E-state index in [0.717, 1.165) is 10.1 Å². The monoisotopic (exact) mass is 302 g/mol. The van der Waals surface area contributed by atoms with Gasteiger partial charge in [-0.15, -0.1) is 11.3 Å². The van der Waals surface area contributed by atoms with Gasteiger partial charge in [0.25, 0.3) is 0 Å². The summed E-state index contributed by atoms with van der Waals surface area (Å²) in [6, 6.07) is 13.0. The Labute approximate surface area is 125 Å². The number of methoxy groups -OCH3 is 1. The van der Waals surface area contributed by atoms with Gasteiger partial charge in [0.1, 0.15) is 5.75 Å². The van der Waals surface area contributed by atoms with Gasteiger partial charge in [-0.25, -0.2) is 0 Å². The number of benzene rings is 2. The Morgan fingerprint density at radius 3 is 2.75 bits per heavy atom. The van der Waals surface area contributed by atoms with Crippen LogP contribution in [0.25, 0.3) is 10.1 Å². The van der Waals surface area contributed by atoms with Gasteiger partial charge in [0, 0.05) is 26.6 Å². The largest absolute Gasteiger partial charge is 0.495 e. The summed E-state index contributed by atoms with van der Waals surface area (Å²) in [7, 11) is 1.55. The molecule has 3 aromatic rings. The maximum Gasteiger partial charge on any atom is 0.194 e. The molecule has 0 saturated carbocycles. The number of ether oxygens (including phenoxy) is 1. The van der Waals surface area contributed by atoms with Crippen LogP contribution >= 0.6 is 22.9 Å². The Balaban J connectivity index is 2.06. The normalized spacial score (nSPS) is 10.7. The smallest absolute Gasteiger partial charge is 0.194 e. The first kappa shape index (κ1) is 13.2. The van der Waals surface area contributed by atoms with Crippen LogP contribution in [0.15, 0.2) is 47.8 Å². The molecule has 20 heavy (non-hydrogen) atoms. The molecular formula is C16H11ClO2S. The summed E-state index contributed by atoms with van der Waals surface area (Å²) in [4.78, 5) is 12.6. The predicted molar refractivity (Wildman–Crippen MR) is 83.3 cm³/mol. The summed E-state index contributed by atoms with van der Waals surface area (Å²) in [5.74, 6) is 0.547. The highest BCUT2D eigenvalue weighted by Gasteiger charge is 2.15. The van der Waals surface area contributed by atoms with Crippen molar-refractivity contribution in [3.05, 3.63) is 64.0 Å². The molecule has 2 aromatic carbocycles. The van der Waals surface area contributed by atoms with Crippen molar-refractivity contribution >= 4 is 38.8 Å². The van der Waals surface area contributed by atoms with Crippen LogP contribution in [0.4, 0.5) is 0 Å². The fourth-order valence-corrected chi connectivity index (χ4v) is 3.32. The number of thiophene rings is 1. The molecule has 0 amide bonds. The molecule has 0 saturated heterocycles. The third-order valence-electron chi connectivity index (χ3n) is 3.14. The highest BCUT2D eigenvalue weighted by molar-refractivity contribution is 7.17.